The standard InChI is InChI=1S/C17H22N2O7/c1-3-25-16(23)11(17(24)26-4-2)8-18-19-14(20)12-9-5-6-10(7-9)13(12)15(21)22/h5-6,8-10,12-13,18H,3-4,7H2,1-2H3,(H,19,20)(H,21,22)/t9-,10-,12+,13-/m0/s1. The Kier molecular flexibility index (Phi) is 6.37. The fraction of sp³-hybridized carbons (Fsp3) is 0.529. The molecule has 1 amide bonds. The Morgan fingerprint density at radius 2 is 1.58 bits per heavy atom. The van der Waals surface area contributed by atoms with Crippen molar-refractivity contribution in [3.63, 3.8) is 0 Å². The molecule has 142 valence electrons. The molecule has 0 aliphatic heterocycles. The number of hydrogen-bond donors (Lipinski definition) is 3. The van der Waals surface area contributed by atoms with Crippen molar-refractivity contribution in [2.45, 2.75) is 20.3 Å². The van der Waals surface area contributed by atoms with Crippen molar-refractivity contribution >= 4 is 23.8 Å². The van der Waals surface area contributed by atoms with Gasteiger partial charge in [0.05, 0.1) is 25.0 Å². The fourth-order valence-electron chi connectivity index (χ4n) is 3.40. The van der Waals surface area contributed by atoms with Crippen LogP contribution in [0.5, 0.6) is 0 Å². The summed E-state index contributed by atoms with van der Waals surface area (Å²) in [5, 5.41) is 9.36. The van der Waals surface area contributed by atoms with E-state index in [-0.39, 0.29) is 25.0 Å². The number of hydrazine groups is 1. The van der Waals surface area contributed by atoms with Gasteiger partial charge in [-0.15, -0.1) is 0 Å². The Hall–Kier alpha value is -2.84. The smallest absolute Gasteiger partial charge is 0.347 e. The van der Waals surface area contributed by atoms with E-state index in [0.717, 1.165) is 6.20 Å². The van der Waals surface area contributed by atoms with Crippen LogP contribution in [-0.2, 0) is 28.7 Å². The lowest BCUT2D eigenvalue weighted by atomic mass is 9.82. The molecule has 1 saturated carbocycles. The first-order valence-electron chi connectivity index (χ1n) is 8.41. The van der Waals surface area contributed by atoms with Crippen LogP contribution < -0.4 is 10.9 Å². The molecular weight excluding hydrogens is 344 g/mol. The number of nitrogens with one attached hydrogen (secondary N) is 2. The Morgan fingerprint density at radius 3 is 2.08 bits per heavy atom. The number of fused-ring (bicyclic) bond motifs is 2. The normalized spacial score (nSPS) is 25.3. The lowest BCUT2D eigenvalue weighted by Crippen LogP contribution is -2.44. The van der Waals surface area contributed by atoms with Crippen LogP contribution >= 0.6 is 0 Å². The van der Waals surface area contributed by atoms with Crippen LogP contribution in [0.15, 0.2) is 23.9 Å². The van der Waals surface area contributed by atoms with E-state index in [1.54, 1.807) is 13.8 Å². The highest BCUT2D eigenvalue weighted by atomic mass is 16.6. The predicted octanol–water partition coefficient (Wildman–Crippen LogP) is 0.140. The molecule has 2 bridgehead atoms. The van der Waals surface area contributed by atoms with Crippen molar-refractivity contribution < 1.29 is 33.8 Å². The minimum atomic E-state index is -1.02. The summed E-state index contributed by atoms with van der Waals surface area (Å²) in [6.45, 7) is 3.31. The Bertz CT molecular complexity index is 635. The zero-order valence-corrected chi connectivity index (χ0v) is 14.6. The average Bonchev–Trinajstić information content (AvgIpc) is 3.19. The maximum Gasteiger partial charge on any atom is 0.347 e. The maximum absolute atomic E-state index is 12.4. The zero-order chi connectivity index (χ0) is 19.3. The Labute approximate surface area is 150 Å². The van der Waals surface area contributed by atoms with E-state index in [1.165, 1.54) is 0 Å². The van der Waals surface area contributed by atoms with Gasteiger partial charge in [-0.1, -0.05) is 12.2 Å². The number of ether oxygens (including phenoxy) is 2. The van der Waals surface area contributed by atoms with Crippen LogP contribution in [-0.4, -0.2) is 42.1 Å². The van der Waals surface area contributed by atoms with Crippen molar-refractivity contribution in [3.8, 4) is 0 Å². The van der Waals surface area contributed by atoms with Crippen LogP contribution in [0.1, 0.15) is 20.3 Å². The van der Waals surface area contributed by atoms with E-state index in [2.05, 4.69) is 10.9 Å². The van der Waals surface area contributed by atoms with Gasteiger partial charge in [0.2, 0.25) is 5.91 Å². The highest BCUT2D eigenvalue weighted by molar-refractivity contribution is 6.14. The molecule has 0 aromatic heterocycles. The molecule has 9 nitrogen and oxygen atoms in total. The van der Waals surface area contributed by atoms with Gasteiger partial charge in [0.1, 0.15) is 0 Å². The number of carboxylic acid groups (broad SMARTS) is 1. The third-order valence-electron chi connectivity index (χ3n) is 4.45. The molecule has 2 aliphatic rings. The quantitative estimate of drug-likeness (QED) is 0.138. The predicted molar refractivity (Wildman–Crippen MR) is 88.0 cm³/mol. The molecule has 0 aromatic carbocycles. The number of carbonyl (C=O) groups excluding carboxylic acids is 3. The number of amides is 1. The van der Waals surface area contributed by atoms with Crippen LogP contribution in [0.25, 0.3) is 0 Å². The van der Waals surface area contributed by atoms with Crippen LogP contribution in [0.2, 0.25) is 0 Å². The van der Waals surface area contributed by atoms with Gasteiger partial charge in [-0.3, -0.25) is 15.0 Å². The third kappa shape index (κ3) is 4.04. The van der Waals surface area contributed by atoms with Gasteiger partial charge in [0.25, 0.3) is 0 Å². The first-order valence-corrected chi connectivity index (χ1v) is 8.41. The Morgan fingerprint density at radius 1 is 1.04 bits per heavy atom. The van der Waals surface area contributed by atoms with Gasteiger partial charge >= 0.3 is 17.9 Å². The molecule has 0 heterocycles. The van der Waals surface area contributed by atoms with Gasteiger partial charge in [0.15, 0.2) is 5.57 Å². The van der Waals surface area contributed by atoms with Gasteiger partial charge in [-0.05, 0) is 32.1 Å². The summed E-state index contributed by atoms with van der Waals surface area (Å²) in [7, 11) is 0. The van der Waals surface area contributed by atoms with Crippen molar-refractivity contribution in [1.29, 1.82) is 0 Å². The second-order valence-electron chi connectivity index (χ2n) is 5.97. The molecule has 26 heavy (non-hydrogen) atoms. The molecule has 2 aliphatic carbocycles. The maximum atomic E-state index is 12.4. The first-order chi connectivity index (χ1) is 12.4. The fourth-order valence-corrected chi connectivity index (χ4v) is 3.40. The van der Waals surface area contributed by atoms with Crippen LogP contribution in [0.4, 0.5) is 0 Å². The van der Waals surface area contributed by atoms with Gasteiger partial charge < -0.3 is 20.0 Å². The summed E-state index contributed by atoms with van der Waals surface area (Å²) < 4.78 is 9.54. The molecule has 9 heteroatoms. The highest BCUT2D eigenvalue weighted by Gasteiger charge is 2.51. The summed E-state index contributed by atoms with van der Waals surface area (Å²) in [6, 6.07) is 0. The van der Waals surface area contributed by atoms with E-state index >= 15 is 0 Å². The summed E-state index contributed by atoms with van der Waals surface area (Å²) in [6.07, 6.45) is 5.29. The monoisotopic (exact) mass is 366 g/mol. The molecule has 1 fully saturated rings. The first kappa shape index (κ1) is 19.5. The number of allylic oxidation sites excluding steroid dienone is 2. The number of hydrogen-bond acceptors (Lipinski definition) is 7. The molecule has 4 atom stereocenters. The summed E-state index contributed by atoms with van der Waals surface area (Å²) in [5.74, 6) is -5.10. The molecule has 0 spiro atoms. The molecule has 0 aromatic rings. The van der Waals surface area contributed by atoms with Gasteiger partial charge in [-0.2, -0.15) is 0 Å². The highest BCUT2D eigenvalue weighted by Crippen LogP contribution is 2.48. The minimum Gasteiger partial charge on any atom is -0.481 e. The molecular formula is C17H22N2O7. The number of aliphatic carboxylic acids is 1. The molecule has 0 radical (unpaired) electrons. The van der Waals surface area contributed by atoms with Crippen LogP contribution in [0, 0.1) is 23.7 Å². The van der Waals surface area contributed by atoms with Crippen LogP contribution in [0.3, 0.4) is 0 Å². The minimum absolute atomic E-state index is 0.0692. The zero-order valence-electron chi connectivity index (χ0n) is 14.6. The van der Waals surface area contributed by atoms with Gasteiger partial charge in [0, 0.05) is 6.20 Å². The summed E-state index contributed by atoms with van der Waals surface area (Å²) in [5.41, 5.74) is 4.31. The van der Waals surface area contributed by atoms with Gasteiger partial charge in [-0.25, -0.2) is 9.59 Å². The van der Waals surface area contributed by atoms with E-state index in [0.29, 0.717) is 6.42 Å². The SMILES string of the molecule is CCOC(=O)C(=CNNC(=O)[C@H]1[C@@H](C(=O)O)[C@H]2C=C[C@H]1C2)C(=O)OCC. The molecule has 3 N–H and O–H groups in total. The topological polar surface area (TPSA) is 131 Å². The van der Waals surface area contributed by atoms with E-state index in [1.807, 2.05) is 12.2 Å². The van der Waals surface area contributed by atoms with Crippen molar-refractivity contribution in [2.24, 2.45) is 23.7 Å². The number of rotatable bonds is 8. The average molecular weight is 366 g/mol. The van der Waals surface area contributed by atoms with E-state index in [4.69, 9.17) is 9.47 Å². The van der Waals surface area contributed by atoms with Crippen molar-refractivity contribution in [1.82, 2.24) is 10.9 Å². The van der Waals surface area contributed by atoms with E-state index < -0.39 is 41.2 Å². The number of carbonyl (C=O) groups is 4. The second kappa shape index (κ2) is 8.50. The number of esters is 2. The number of carboxylic acids is 1. The van der Waals surface area contributed by atoms with Crippen molar-refractivity contribution in [3.05, 3.63) is 23.9 Å². The van der Waals surface area contributed by atoms with E-state index in [9.17, 15) is 24.3 Å². The molecule has 0 unspecified atom stereocenters. The Balaban J connectivity index is 2.03. The third-order valence-corrected chi connectivity index (χ3v) is 4.45. The summed E-state index contributed by atoms with van der Waals surface area (Å²) >= 11 is 0. The second-order valence-corrected chi connectivity index (χ2v) is 5.97. The lowest BCUT2D eigenvalue weighted by molar-refractivity contribution is -0.148. The largest absolute Gasteiger partial charge is 0.481 e. The lowest BCUT2D eigenvalue weighted by Gasteiger charge is -2.23. The summed E-state index contributed by atoms with van der Waals surface area (Å²) in [4.78, 5) is 47.4. The molecule has 2 rings (SSSR count). The molecule has 0 saturated heterocycles. The van der Waals surface area contributed by atoms with Crippen molar-refractivity contribution in [2.75, 3.05) is 13.2 Å².